The first-order valence-electron chi connectivity index (χ1n) is 7.60. The number of methoxy groups -OCH3 is 1. The summed E-state index contributed by atoms with van der Waals surface area (Å²) in [6.07, 6.45) is -0.220. The highest BCUT2D eigenvalue weighted by Crippen LogP contribution is 2.37. The maximum absolute atomic E-state index is 14.4. The van der Waals surface area contributed by atoms with Crippen LogP contribution >= 0.6 is 0 Å². The standard InChI is InChI=1S/C17H18F2N4O2/c1-17(16(19)25-9-14(20)23-17)11-8-10(5-6-12(11)18)22-15-13(24-2)4-3-7-21-15/h3-8,16H,9H2,1-2H3,(H2,20,23)(H,21,22)/t16-,17+/m0/s1. The van der Waals surface area contributed by atoms with Crippen molar-refractivity contribution in [2.45, 2.75) is 18.8 Å². The second-order valence-electron chi connectivity index (χ2n) is 5.75. The van der Waals surface area contributed by atoms with Gasteiger partial charge in [0.2, 0.25) is 6.36 Å². The largest absolute Gasteiger partial charge is 0.493 e. The van der Waals surface area contributed by atoms with Gasteiger partial charge in [-0.2, -0.15) is 0 Å². The van der Waals surface area contributed by atoms with Gasteiger partial charge in [-0.25, -0.2) is 13.8 Å². The first-order valence-corrected chi connectivity index (χ1v) is 7.60. The number of aliphatic imine (C=N–C) groups is 1. The summed E-state index contributed by atoms with van der Waals surface area (Å²) in [5, 5.41) is 3.03. The van der Waals surface area contributed by atoms with Crippen molar-refractivity contribution >= 4 is 17.3 Å². The molecule has 3 rings (SSSR count). The van der Waals surface area contributed by atoms with Crippen molar-refractivity contribution in [3.8, 4) is 5.75 Å². The van der Waals surface area contributed by atoms with Gasteiger partial charge in [-0.15, -0.1) is 0 Å². The summed E-state index contributed by atoms with van der Waals surface area (Å²) in [5.74, 6) is 0.477. The molecule has 0 amide bonds. The van der Waals surface area contributed by atoms with Gasteiger partial charge in [0.15, 0.2) is 11.6 Å². The number of alkyl halides is 1. The van der Waals surface area contributed by atoms with Gasteiger partial charge in [0.05, 0.1) is 7.11 Å². The topological polar surface area (TPSA) is 81.8 Å². The number of hydrogen-bond acceptors (Lipinski definition) is 6. The SMILES string of the molecule is COc1cccnc1Nc1ccc(F)c([C@@]2(C)N=C(N)CO[C@@H]2F)c1. The first-order chi connectivity index (χ1) is 11.9. The maximum Gasteiger partial charge on any atom is 0.228 e. The zero-order chi connectivity index (χ0) is 18.0. The lowest BCUT2D eigenvalue weighted by Gasteiger charge is -2.33. The van der Waals surface area contributed by atoms with Crippen LogP contribution in [0.2, 0.25) is 0 Å². The number of benzene rings is 1. The van der Waals surface area contributed by atoms with E-state index in [0.29, 0.717) is 17.3 Å². The second kappa shape index (κ2) is 6.64. The Kier molecular flexibility index (Phi) is 4.54. The Morgan fingerprint density at radius 1 is 1.40 bits per heavy atom. The number of amidine groups is 1. The van der Waals surface area contributed by atoms with Crippen LogP contribution in [-0.2, 0) is 10.3 Å². The number of aromatic nitrogens is 1. The van der Waals surface area contributed by atoms with Crippen molar-refractivity contribution in [2.24, 2.45) is 10.7 Å². The van der Waals surface area contributed by atoms with Crippen molar-refractivity contribution in [1.82, 2.24) is 4.98 Å². The van der Waals surface area contributed by atoms with E-state index in [0.717, 1.165) is 0 Å². The van der Waals surface area contributed by atoms with E-state index in [2.05, 4.69) is 15.3 Å². The summed E-state index contributed by atoms with van der Waals surface area (Å²) in [7, 11) is 1.52. The second-order valence-corrected chi connectivity index (χ2v) is 5.75. The molecule has 0 spiro atoms. The molecule has 25 heavy (non-hydrogen) atoms. The third-order valence-electron chi connectivity index (χ3n) is 3.96. The summed E-state index contributed by atoms with van der Waals surface area (Å²) in [5.41, 5.74) is 4.61. The van der Waals surface area contributed by atoms with E-state index in [1.54, 1.807) is 18.3 Å². The molecule has 1 aliphatic heterocycles. The van der Waals surface area contributed by atoms with Crippen molar-refractivity contribution < 1.29 is 18.3 Å². The van der Waals surface area contributed by atoms with Crippen LogP contribution in [0.5, 0.6) is 5.75 Å². The Balaban J connectivity index is 2.00. The summed E-state index contributed by atoms with van der Waals surface area (Å²) in [4.78, 5) is 8.27. The van der Waals surface area contributed by atoms with Gasteiger partial charge < -0.3 is 20.5 Å². The van der Waals surface area contributed by atoms with E-state index in [4.69, 9.17) is 15.2 Å². The van der Waals surface area contributed by atoms with Gasteiger partial charge in [0.1, 0.15) is 23.8 Å². The summed E-state index contributed by atoms with van der Waals surface area (Å²) < 4.78 is 38.9. The molecule has 0 radical (unpaired) electrons. The minimum Gasteiger partial charge on any atom is -0.493 e. The average Bonchev–Trinajstić information content (AvgIpc) is 2.60. The number of nitrogens with zero attached hydrogens (tertiary/aromatic N) is 2. The summed E-state index contributed by atoms with van der Waals surface area (Å²) in [6, 6.07) is 7.66. The van der Waals surface area contributed by atoms with Crippen molar-refractivity contribution in [3.63, 3.8) is 0 Å². The highest BCUT2D eigenvalue weighted by atomic mass is 19.1. The molecular formula is C17H18F2N4O2. The third-order valence-corrected chi connectivity index (χ3v) is 3.96. The molecule has 0 saturated heterocycles. The predicted molar refractivity (Wildman–Crippen MR) is 90.3 cm³/mol. The molecule has 132 valence electrons. The maximum atomic E-state index is 14.4. The van der Waals surface area contributed by atoms with E-state index in [1.165, 1.54) is 32.2 Å². The van der Waals surface area contributed by atoms with Gasteiger partial charge in [0, 0.05) is 17.4 Å². The quantitative estimate of drug-likeness (QED) is 0.888. The lowest BCUT2D eigenvalue weighted by atomic mass is 9.90. The van der Waals surface area contributed by atoms with E-state index in [-0.39, 0.29) is 18.0 Å². The minimum absolute atomic E-state index is 0.0301. The Hall–Kier alpha value is -2.74. The Bertz CT molecular complexity index is 815. The highest BCUT2D eigenvalue weighted by molar-refractivity contribution is 5.82. The lowest BCUT2D eigenvalue weighted by Crippen LogP contribution is -2.43. The molecule has 2 aromatic rings. The number of nitrogens with two attached hydrogens (primary N) is 1. The average molecular weight is 348 g/mol. The van der Waals surface area contributed by atoms with Gasteiger partial charge >= 0.3 is 0 Å². The molecule has 0 unspecified atom stereocenters. The normalized spacial score (nSPS) is 23.0. The van der Waals surface area contributed by atoms with Crippen molar-refractivity contribution in [1.29, 1.82) is 0 Å². The molecule has 0 fully saturated rings. The number of pyridine rings is 1. The van der Waals surface area contributed by atoms with Gasteiger partial charge in [-0.05, 0) is 37.3 Å². The van der Waals surface area contributed by atoms with Crippen LogP contribution in [0, 0.1) is 5.82 Å². The van der Waals surface area contributed by atoms with Crippen molar-refractivity contribution in [3.05, 3.63) is 47.9 Å². The Labute approximate surface area is 143 Å². The molecule has 0 bridgehead atoms. The molecule has 8 heteroatoms. The number of rotatable bonds is 4. The zero-order valence-electron chi connectivity index (χ0n) is 13.8. The van der Waals surface area contributed by atoms with Crippen LogP contribution < -0.4 is 15.8 Å². The molecule has 1 aromatic heterocycles. The zero-order valence-corrected chi connectivity index (χ0v) is 13.8. The molecular weight excluding hydrogens is 330 g/mol. The van der Waals surface area contributed by atoms with Crippen LogP contribution in [0.15, 0.2) is 41.5 Å². The molecule has 0 aliphatic carbocycles. The molecule has 2 heterocycles. The molecule has 6 nitrogen and oxygen atoms in total. The fourth-order valence-electron chi connectivity index (χ4n) is 2.66. The number of hydrogen-bond donors (Lipinski definition) is 2. The van der Waals surface area contributed by atoms with Crippen LogP contribution in [0.1, 0.15) is 12.5 Å². The van der Waals surface area contributed by atoms with Gasteiger partial charge in [0.25, 0.3) is 0 Å². The predicted octanol–water partition coefficient (Wildman–Crippen LogP) is 2.87. The minimum atomic E-state index is -1.81. The fourth-order valence-corrected chi connectivity index (χ4v) is 2.66. The number of anilines is 2. The van der Waals surface area contributed by atoms with E-state index >= 15 is 0 Å². The van der Waals surface area contributed by atoms with Gasteiger partial charge in [-0.1, -0.05) is 0 Å². The molecule has 0 saturated carbocycles. The van der Waals surface area contributed by atoms with E-state index in [9.17, 15) is 8.78 Å². The first kappa shape index (κ1) is 17.1. The van der Waals surface area contributed by atoms with E-state index < -0.39 is 17.7 Å². The monoisotopic (exact) mass is 348 g/mol. The van der Waals surface area contributed by atoms with Crippen LogP contribution in [0.3, 0.4) is 0 Å². The smallest absolute Gasteiger partial charge is 0.228 e. The van der Waals surface area contributed by atoms with Gasteiger partial charge in [-0.3, -0.25) is 4.99 Å². The summed E-state index contributed by atoms with van der Waals surface area (Å²) in [6.45, 7) is 1.31. The Morgan fingerprint density at radius 2 is 2.20 bits per heavy atom. The van der Waals surface area contributed by atoms with Crippen molar-refractivity contribution in [2.75, 3.05) is 19.0 Å². The molecule has 3 N–H and O–H groups in total. The number of halogens is 2. The number of ether oxygens (including phenoxy) is 2. The summed E-state index contributed by atoms with van der Waals surface area (Å²) >= 11 is 0. The molecule has 1 aromatic carbocycles. The Morgan fingerprint density at radius 3 is 2.96 bits per heavy atom. The number of nitrogens with one attached hydrogen (secondary N) is 1. The molecule has 1 aliphatic rings. The third kappa shape index (κ3) is 3.25. The lowest BCUT2D eigenvalue weighted by molar-refractivity contribution is -0.0805. The highest BCUT2D eigenvalue weighted by Gasteiger charge is 2.42. The fraction of sp³-hybridized carbons (Fsp3) is 0.294. The van der Waals surface area contributed by atoms with Crippen LogP contribution in [0.4, 0.5) is 20.3 Å². The van der Waals surface area contributed by atoms with Crippen LogP contribution in [0.25, 0.3) is 0 Å². The van der Waals surface area contributed by atoms with E-state index in [1.807, 2.05) is 0 Å². The molecule has 2 atom stereocenters. The van der Waals surface area contributed by atoms with Crippen LogP contribution in [-0.4, -0.2) is 30.9 Å².